The lowest BCUT2D eigenvalue weighted by molar-refractivity contribution is 0.143. The summed E-state index contributed by atoms with van der Waals surface area (Å²) in [6.07, 6.45) is 5.36. The van der Waals surface area contributed by atoms with Crippen molar-refractivity contribution in [1.82, 2.24) is 9.97 Å². The van der Waals surface area contributed by atoms with E-state index in [0.29, 0.717) is 17.4 Å². The average molecular weight is 265 g/mol. The lowest BCUT2D eigenvalue weighted by atomic mass is 9.99. The Morgan fingerprint density at radius 2 is 2.37 bits per heavy atom. The molecule has 0 bridgehead atoms. The molecule has 7 nitrogen and oxygen atoms in total. The highest BCUT2D eigenvalue weighted by atomic mass is 16.5. The van der Waals surface area contributed by atoms with Gasteiger partial charge in [0.05, 0.1) is 6.61 Å². The van der Waals surface area contributed by atoms with Crippen LogP contribution in [0.3, 0.4) is 0 Å². The number of anilines is 1. The molecule has 104 valence electrons. The Morgan fingerprint density at radius 3 is 3.11 bits per heavy atom. The van der Waals surface area contributed by atoms with Gasteiger partial charge in [0.25, 0.3) is 0 Å². The van der Waals surface area contributed by atoms with Gasteiger partial charge in [0.15, 0.2) is 17.3 Å². The lowest BCUT2D eigenvalue weighted by Crippen LogP contribution is -2.39. The first kappa shape index (κ1) is 13.5. The number of hydrogen-bond acceptors (Lipinski definition) is 6. The van der Waals surface area contributed by atoms with Crippen LogP contribution in [0.15, 0.2) is 17.5 Å². The smallest absolute Gasteiger partial charge is 0.192 e. The van der Waals surface area contributed by atoms with Crippen LogP contribution >= 0.6 is 0 Å². The first-order valence-electron chi connectivity index (χ1n) is 6.29. The van der Waals surface area contributed by atoms with E-state index in [1.165, 1.54) is 6.20 Å². The summed E-state index contributed by atoms with van der Waals surface area (Å²) in [4.78, 5) is 10.6. The fourth-order valence-corrected chi connectivity index (χ4v) is 2.42. The fourth-order valence-electron chi connectivity index (χ4n) is 2.42. The Labute approximate surface area is 112 Å². The molecule has 7 heteroatoms. The molecule has 19 heavy (non-hydrogen) atoms. The van der Waals surface area contributed by atoms with Crippen molar-refractivity contribution < 1.29 is 9.94 Å². The van der Waals surface area contributed by atoms with Gasteiger partial charge in [-0.15, -0.1) is 0 Å². The van der Waals surface area contributed by atoms with Crippen LogP contribution in [-0.4, -0.2) is 47.8 Å². The quantitative estimate of drug-likeness (QED) is 0.355. The summed E-state index contributed by atoms with van der Waals surface area (Å²) in [6, 6.07) is 0. The number of piperidine rings is 1. The number of methoxy groups -OCH3 is 1. The van der Waals surface area contributed by atoms with Crippen molar-refractivity contribution >= 4 is 11.7 Å². The molecule has 0 aromatic carbocycles. The molecule has 1 unspecified atom stereocenters. The molecular formula is C12H19N5O2. The molecular weight excluding hydrogens is 246 g/mol. The van der Waals surface area contributed by atoms with Gasteiger partial charge in [-0.3, -0.25) is 0 Å². The van der Waals surface area contributed by atoms with Gasteiger partial charge in [0.2, 0.25) is 0 Å². The maximum atomic E-state index is 8.80. The van der Waals surface area contributed by atoms with Crippen LogP contribution in [0.25, 0.3) is 0 Å². The number of amidine groups is 1. The number of ether oxygens (including phenoxy) is 1. The predicted molar refractivity (Wildman–Crippen MR) is 71.4 cm³/mol. The van der Waals surface area contributed by atoms with Gasteiger partial charge >= 0.3 is 0 Å². The summed E-state index contributed by atoms with van der Waals surface area (Å²) in [6.45, 7) is 2.47. The number of nitrogens with two attached hydrogens (primary N) is 1. The van der Waals surface area contributed by atoms with Crippen LogP contribution in [0.2, 0.25) is 0 Å². The Bertz CT molecular complexity index is 450. The monoisotopic (exact) mass is 265 g/mol. The van der Waals surface area contributed by atoms with Crippen LogP contribution < -0.4 is 10.6 Å². The minimum absolute atomic E-state index is 0.0167. The molecule has 2 heterocycles. The van der Waals surface area contributed by atoms with Crippen molar-refractivity contribution in [2.45, 2.75) is 12.8 Å². The van der Waals surface area contributed by atoms with Crippen molar-refractivity contribution in [2.24, 2.45) is 16.8 Å². The summed E-state index contributed by atoms with van der Waals surface area (Å²) < 4.78 is 5.21. The minimum atomic E-state index is -0.0167. The van der Waals surface area contributed by atoms with E-state index in [0.717, 1.165) is 32.5 Å². The zero-order chi connectivity index (χ0) is 13.7. The maximum Gasteiger partial charge on any atom is 0.192 e. The van der Waals surface area contributed by atoms with Crippen molar-refractivity contribution in [2.75, 3.05) is 31.7 Å². The average Bonchev–Trinajstić information content (AvgIpc) is 2.47. The van der Waals surface area contributed by atoms with Gasteiger partial charge in [0.1, 0.15) is 0 Å². The molecule has 1 saturated heterocycles. The number of nitrogens with zero attached hydrogens (tertiary/aromatic N) is 4. The van der Waals surface area contributed by atoms with Crippen LogP contribution in [0.1, 0.15) is 18.5 Å². The summed E-state index contributed by atoms with van der Waals surface area (Å²) in [5.74, 6) is 1.12. The van der Waals surface area contributed by atoms with Gasteiger partial charge in [-0.2, -0.15) is 0 Å². The minimum Gasteiger partial charge on any atom is -0.409 e. The molecule has 0 amide bonds. The summed E-state index contributed by atoms with van der Waals surface area (Å²) in [5.41, 5.74) is 6.06. The van der Waals surface area contributed by atoms with Gasteiger partial charge in [-0.05, 0) is 18.8 Å². The standard InChI is InChI=1S/C12H19N5O2/c1-19-8-9-3-2-6-17(7-9)12-10(11(13)16-18)14-4-5-15-12/h4-5,9,18H,2-3,6-8H2,1H3,(H2,13,16). The number of hydrogen-bond donors (Lipinski definition) is 2. The Balaban J connectivity index is 2.21. The number of oxime groups is 1. The van der Waals surface area contributed by atoms with Gasteiger partial charge in [-0.25, -0.2) is 9.97 Å². The first-order valence-corrected chi connectivity index (χ1v) is 6.29. The van der Waals surface area contributed by atoms with Crippen LogP contribution in [-0.2, 0) is 4.74 Å². The molecule has 1 atom stereocenters. The van der Waals surface area contributed by atoms with Crippen molar-refractivity contribution in [3.8, 4) is 0 Å². The van der Waals surface area contributed by atoms with Gasteiger partial charge in [0, 0.05) is 32.6 Å². The van der Waals surface area contributed by atoms with E-state index in [1.807, 2.05) is 0 Å². The van der Waals surface area contributed by atoms with E-state index in [2.05, 4.69) is 20.0 Å². The zero-order valence-electron chi connectivity index (χ0n) is 11.0. The van der Waals surface area contributed by atoms with Crippen LogP contribution in [0.5, 0.6) is 0 Å². The van der Waals surface area contributed by atoms with E-state index in [4.69, 9.17) is 15.7 Å². The van der Waals surface area contributed by atoms with Crippen molar-refractivity contribution in [3.05, 3.63) is 18.1 Å². The third-order valence-electron chi connectivity index (χ3n) is 3.25. The highest BCUT2D eigenvalue weighted by Gasteiger charge is 2.24. The maximum absolute atomic E-state index is 8.80. The third kappa shape index (κ3) is 3.11. The molecule has 3 N–H and O–H groups in total. The Morgan fingerprint density at radius 1 is 1.58 bits per heavy atom. The van der Waals surface area contributed by atoms with Gasteiger partial charge in [-0.1, -0.05) is 5.16 Å². The molecule has 1 aromatic rings. The van der Waals surface area contributed by atoms with E-state index in [1.54, 1.807) is 13.3 Å². The second-order valence-electron chi connectivity index (χ2n) is 4.62. The largest absolute Gasteiger partial charge is 0.409 e. The molecule has 0 radical (unpaired) electrons. The highest BCUT2D eigenvalue weighted by molar-refractivity contribution is 5.99. The zero-order valence-corrected chi connectivity index (χ0v) is 11.0. The molecule has 1 aliphatic rings. The van der Waals surface area contributed by atoms with Crippen LogP contribution in [0.4, 0.5) is 5.82 Å². The molecule has 1 aromatic heterocycles. The lowest BCUT2D eigenvalue weighted by Gasteiger charge is -2.33. The molecule has 0 saturated carbocycles. The molecule has 2 rings (SSSR count). The Kier molecular flexibility index (Phi) is 4.51. The van der Waals surface area contributed by atoms with Crippen molar-refractivity contribution in [3.63, 3.8) is 0 Å². The highest BCUT2D eigenvalue weighted by Crippen LogP contribution is 2.23. The summed E-state index contributed by atoms with van der Waals surface area (Å²) in [7, 11) is 1.71. The van der Waals surface area contributed by atoms with Gasteiger partial charge < -0.3 is 20.6 Å². The van der Waals surface area contributed by atoms with Crippen molar-refractivity contribution in [1.29, 1.82) is 0 Å². The molecule has 1 aliphatic heterocycles. The number of rotatable bonds is 4. The van der Waals surface area contributed by atoms with E-state index in [9.17, 15) is 0 Å². The summed E-state index contributed by atoms with van der Waals surface area (Å²) in [5, 5.41) is 11.8. The Hall–Kier alpha value is -1.89. The second-order valence-corrected chi connectivity index (χ2v) is 4.62. The fraction of sp³-hybridized carbons (Fsp3) is 0.583. The normalized spacial score (nSPS) is 20.6. The molecule has 0 spiro atoms. The topological polar surface area (TPSA) is 96.9 Å². The number of aromatic nitrogens is 2. The molecule has 1 fully saturated rings. The third-order valence-corrected chi connectivity index (χ3v) is 3.25. The first-order chi connectivity index (χ1) is 9.26. The predicted octanol–water partition coefficient (Wildman–Crippen LogP) is 0.434. The summed E-state index contributed by atoms with van der Waals surface area (Å²) >= 11 is 0. The SMILES string of the molecule is COCC1CCCN(c2nccnc2C(N)=NO)C1. The molecule has 0 aliphatic carbocycles. The van der Waals surface area contributed by atoms with E-state index >= 15 is 0 Å². The van der Waals surface area contributed by atoms with E-state index in [-0.39, 0.29) is 5.84 Å². The van der Waals surface area contributed by atoms with E-state index < -0.39 is 0 Å². The second kappa shape index (κ2) is 6.33. The van der Waals surface area contributed by atoms with Crippen LogP contribution in [0, 0.1) is 5.92 Å².